The van der Waals surface area contributed by atoms with E-state index in [2.05, 4.69) is 10.3 Å². The summed E-state index contributed by atoms with van der Waals surface area (Å²) >= 11 is 0. The van der Waals surface area contributed by atoms with Gasteiger partial charge in [0.2, 0.25) is 0 Å². The van der Waals surface area contributed by atoms with Crippen LogP contribution in [0.4, 0.5) is 10.6 Å². The molecule has 0 spiro atoms. The Morgan fingerprint density at radius 3 is 2.74 bits per heavy atom. The van der Waals surface area contributed by atoms with Gasteiger partial charge in [0, 0.05) is 32.3 Å². The summed E-state index contributed by atoms with van der Waals surface area (Å²) < 4.78 is 5.33. The lowest BCUT2D eigenvalue weighted by molar-refractivity contribution is 0.00820. The first-order valence-electron chi connectivity index (χ1n) is 6.50. The van der Waals surface area contributed by atoms with Gasteiger partial charge >= 0.3 is 6.09 Å². The summed E-state index contributed by atoms with van der Waals surface area (Å²) in [6, 6.07) is 4.02. The third kappa shape index (κ3) is 3.36. The largest absolute Gasteiger partial charge is 0.444 e. The third-order valence-electron chi connectivity index (χ3n) is 3.04. The first-order chi connectivity index (χ1) is 8.89. The number of nitrogens with one attached hydrogen (secondary N) is 1. The van der Waals surface area contributed by atoms with Gasteiger partial charge in [-0.05, 0) is 38.5 Å². The van der Waals surface area contributed by atoms with E-state index in [4.69, 9.17) is 4.74 Å². The van der Waals surface area contributed by atoms with E-state index >= 15 is 0 Å². The van der Waals surface area contributed by atoms with Crippen molar-refractivity contribution in [2.75, 3.05) is 25.5 Å². The average molecular weight is 263 g/mol. The van der Waals surface area contributed by atoms with E-state index in [1.54, 1.807) is 11.1 Å². The van der Waals surface area contributed by atoms with Gasteiger partial charge in [0.05, 0.1) is 0 Å². The van der Waals surface area contributed by atoms with Crippen LogP contribution in [0.25, 0.3) is 0 Å². The fraction of sp³-hybridized carbons (Fsp3) is 0.571. The number of amides is 1. The van der Waals surface area contributed by atoms with E-state index in [0.717, 1.165) is 5.82 Å². The molecule has 1 fully saturated rings. The number of carbonyl (C=O) groups excluding carboxylic acids is 1. The van der Waals surface area contributed by atoms with Crippen LogP contribution in [0.1, 0.15) is 32.3 Å². The molecular formula is C14H21N3O2. The number of hydrogen-bond donors (Lipinski definition) is 1. The van der Waals surface area contributed by atoms with E-state index in [0.29, 0.717) is 19.0 Å². The zero-order chi connectivity index (χ0) is 14.0. The zero-order valence-electron chi connectivity index (χ0n) is 11.9. The molecule has 1 amide bonds. The van der Waals surface area contributed by atoms with E-state index in [1.165, 1.54) is 5.56 Å². The molecule has 1 aliphatic heterocycles. The van der Waals surface area contributed by atoms with Crippen molar-refractivity contribution in [2.45, 2.75) is 32.3 Å². The van der Waals surface area contributed by atoms with Gasteiger partial charge in [-0.15, -0.1) is 0 Å². The number of rotatable bonds is 2. The van der Waals surface area contributed by atoms with Gasteiger partial charge in [-0.1, -0.05) is 0 Å². The van der Waals surface area contributed by atoms with Gasteiger partial charge in [-0.2, -0.15) is 0 Å². The lowest BCUT2D eigenvalue weighted by atomic mass is 9.92. The second-order valence-corrected chi connectivity index (χ2v) is 5.81. The SMILES string of the molecule is CNc1cc(C2CN(C(=O)OC(C)(C)C)C2)ccn1. The smallest absolute Gasteiger partial charge is 0.410 e. The number of anilines is 1. The van der Waals surface area contributed by atoms with Crippen LogP contribution in [0.15, 0.2) is 18.3 Å². The first kappa shape index (κ1) is 13.6. The number of hydrogen-bond acceptors (Lipinski definition) is 4. The van der Waals surface area contributed by atoms with Crippen LogP contribution in [-0.2, 0) is 4.74 Å². The predicted octanol–water partition coefficient (Wildman–Crippen LogP) is 2.46. The summed E-state index contributed by atoms with van der Waals surface area (Å²) in [5, 5.41) is 3.02. The van der Waals surface area contributed by atoms with E-state index in [-0.39, 0.29) is 6.09 Å². The van der Waals surface area contributed by atoms with Gasteiger partial charge in [-0.25, -0.2) is 9.78 Å². The highest BCUT2D eigenvalue weighted by Gasteiger charge is 2.34. The molecule has 104 valence electrons. The van der Waals surface area contributed by atoms with Gasteiger partial charge in [0.1, 0.15) is 11.4 Å². The maximum absolute atomic E-state index is 11.8. The van der Waals surface area contributed by atoms with Gasteiger partial charge < -0.3 is 15.0 Å². The van der Waals surface area contributed by atoms with Crippen molar-refractivity contribution in [3.8, 4) is 0 Å². The number of nitrogens with zero attached hydrogens (tertiary/aromatic N) is 2. The standard InChI is InChI=1S/C14H21N3O2/c1-14(2,3)19-13(18)17-8-11(9-17)10-5-6-16-12(7-10)15-4/h5-7,11H,8-9H2,1-4H3,(H,15,16). The Labute approximate surface area is 114 Å². The number of ether oxygens (including phenoxy) is 1. The van der Waals surface area contributed by atoms with E-state index in [9.17, 15) is 4.79 Å². The van der Waals surface area contributed by atoms with Crippen LogP contribution in [0, 0.1) is 0 Å². The van der Waals surface area contributed by atoms with Crippen LogP contribution < -0.4 is 5.32 Å². The maximum Gasteiger partial charge on any atom is 0.410 e. The van der Waals surface area contributed by atoms with Crippen LogP contribution >= 0.6 is 0 Å². The molecule has 1 aliphatic rings. The van der Waals surface area contributed by atoms with Crippen molar-refractivity contribution in [2.24, 2.45) is 0 Å². The minimum absolute atomic E-state index is 0.230. The zero-order valence-corrected chi connectivity index (χ0v) is 11.9. The molecule has 0 bridgehead atoms. The Morgan fingerprint density at radius 1 is 1.47 bits per heavy atom. The molecule has 0 unspecified atom stereocenters. The van der Waals surface area contributed by atoms with Crippen LogP contribution in [0.3, 0.4) is 0 Å². The molecule has 19 heavy (non-hydrogen) atoms. The van der Waals surface area contributed by atoms with Crippen LogP contribution in [-0.4, -0.2) is 41.7 Å². The first-order valence-corrected chi connectivity index (χ1v) is 6.50. The second-order valence-electron chi connectivity index (χ2n) is 5.81. The third-order valence-corrected chi connectivity index (χ3v) is 3.04. The van der Waals surface area contributed by atoms with Crippen LogP contribution in [0.2, 0.25) is 0 Å². The fourth-order valence-electron chi connectivity index (χ4n) is 2.00. The Morgan fingerprint density at radius 2 is 2.16 bits per heavy atom. The molecule has 5 nitrogen and oxygen atoms in total. The highest BCUT2D eigenvalue weighted by atomic mass is 16.6. The summed E-state index contributed by atoms with van der Waals surface area (Å²) in [6.45, 7) is 7.06. The molecular weight excluding hydrogens is 242 g/mol. The Kier molecular flexibility index (Phi) is 3.64. The molecule has 1 saturated heterocycles. The summed E-state index contributed by atoms with van der Waals surface area (Å²) in [5.41, 5.74) is 0.775. The Balaban J connectivity index is 1.90. The lowest BCUT2D eigenvalue weighted by Crippen LogP contribution is -2.50. The molecule has 1 N–H and O–H groups in total. The molecule has 2 rings (SSSR count). The Hall–Kier alpha value is -1.78. The number of aromatic nitrogens is 1. The summed E-state index contributed by atoms with van der Waals surface area (Å²) in [7, 11) is 1.85. The number of likely N-dealkylation sites (tertiary alicyclic amines) is 1. The highest BCUT2D eigenvalue weighted by Crippen LogP contribution is 2.29. The predicted molar refractivity (Wildman–Crippen MR) is 74.3 cm³/mol. The van der Waals surface area contributed by atoms with Crippen molar-refractivity contribution in [3.05, 3.63) is 23.9 Å². The van der Waals surface area contributed by atoms with Gasteiger partial charge in [-0.3, -0.25) is 0 Å². The molecule has 0 saturated carbocycles. The minimum atomic E-state index is -0.432. The van der Waals surface area contributed by atoms with Gasteiger partial charge in [0.15, 0.2) is 0 Å². The van der Waals surface area contributed by atoms with Crippen LogP contribution in [0.5, 0.6) is 0 Å². The minimum Gasteiger partial charge on any atom is -0.444 e. The maximum atomic E-state index is 11.8. The second kappa shape index (κ2) is 5.07. The molecule has 0 radical (unpaired) electrons. The quantitative estimate of drug-likeness (QED) is 0.890. The van der Waals surface area contributed by atoms with E-state index < -0.39 is 5.60 Å². The highest BCUT2D eigenvalue weighted by molar-refractivity contribution is 5.69. The molecule has 0 aromatic carbocycles. The average Bonchev–Trinajstić information content (AvgIpc) is 2.25. The summed E-state index contributed by atoms with van der Waals surface area (Å²) in [4.78, 5) is 17.7. The van der Waals surface area contributed by atoms with Crippen molar-refractivity contribution < 1.29 is 9.53 Å². The fourth-order valence-corrected chi connectivity index (χ4v) is 2.00. The number of carbonyl (C=O) groups is 1. The lowest BCUT2D eigenvalue weighted by Gasteiger charge is -2.40. The van der Waals surface area contributed by atoms with Gasteiger partial charge in [0.25, 0.3) is 0 Å². The molecule has 5 heteroatoms. The Bertz CT molecular complexity index is 462. The molecule has 0 aliphatic carbocycles. The van der Waals surface area contributed by atoms with Crippen molar-refractivity contribution in [1.82, 2.24) is 9.88 Å². The number of pyridine rings is 1. The monoisotopic (exact) mass is 263 g/mol. The molecule has 1 aromatic rings. The molecule has 1 aromatic heterocycles. The molecule has 2 heterocycles. The summed E-state index contributed by atoms with van der Waals surface area (Å²) in [6.07, 6.45) is 1.56. The van der Waals surface area contributed by atoms with E-state index in [1.807, 2.05) is 40.0 Å². The van der Waals surface area contributed by atoms with Crippen molar-refractivity contribution >= 4 is 11.9 Å². The summed E-state index contributed by atoms with van der Waals surface area (Å²) in [5.74, 6) is 1.23. The topological polar surface area (TPSA) is 54.5 Å². The van der Waals surface area contributed by atoms with Crippen molar-refractivity contribution in [1.29, 1.82) is 0 Å². The van der Waals surface area contributed by atoms with Crippen molar-refractivity contribution in [3.63, 3.8) is 0 Å². The molecule has 0 atom stereocenters. The normalized spacial score (nSPS) is 15.9.